The molecule has 1 atom stereocenters. The fraction of sp³-hybridized carbons (Fsp3) is 1.00. The first-order valence-electron chi connectivity index (χ1n) is 8.42. The molecule has 0 aliphatic carbocycles. The van der Waals surface area contributed by atoms with Gasteiger partial charge < -0.3 is 10.2 Å². The van der Waals surface area contributed by atoms with Gasteiger partial charge in [-0.15, -0.1) is 0 Å². The second-order valence-electron chi connectivity index (χ2n) is 6.57. The van der Waals surface area contributed by atoms with E-state index < -0.39 is 10.0 Å². The Balaban J connectivity index is 1.73. The summed E-state index contributed by atoms with van der Waals surface area (Å²) in [5.74, 6) is 0. The Morgan fingerprint density at radius 3 is 2.24 bits per heavy atom. The van der Waals surface area contributed by atoms with E-state index in [2.05, 4.69) is 17.1 Å². The largest absolute Gasteiger partial charge is 0.311 e. The summed E-state index contributed by atoms with van der Waals surface area (Å²) in [5.41, 5.74) is 0. The number of hydrogen-bond donors (Lipinski definition) is 1. The van der Waals surface area contributed by atoms with Crippen molar-refractivity contribution in [3.05, 3.63) is 0 Å². The molecule has 124 valence electrons. The summed E-state index contributed by atoms with van der Waals surface area (Å²) in [6.07, 6.45) is 8.21. The lowest BCUT2D eigenvalue weighted by molar-refractivity contribution is 0.259. The van der Waals surface area contributed by atoms with Crippen LogP contribution in [0.1, 0.15) is 45.4 Å². The molecular weight excluding hydrogens is 286 g/mol. The Bertz CT molecular complexity index is 405. The quantitative estimate of drug-likeness (QED) is 0.829. The second-order valence-corrected chi connectivity index (χ2v) is 8.55. The van der Waals surface area contributed by atoms with Crippen LogP contribution in [-0.4, -0.2) is 68.7 Å². The highest BCUT2D eigenvalue weighted by atomic mass is 32.2. The van der Waals surface area contributed by atoms with E-state index in [0.29, 0.717) is 25.2 Å². The number of likely N-dealkylation sites (tertiary alicyclic amines) is 1. The van der Waals surface area contributed by atoms with Gasteiger partial charge >= 0.3 is 0 Å². The Morgan fingerprint density at radius 2 is 1.62 bits per heavy atom. The summed E-state index contributed by atoms with van der Waals surface area (Å²) in [4.78, 5) is 2.58. The molecule has 0 spiro atoms. The van der Waals surface area contributed by atoms with Gasteiger partial charge in [0.25, 0.3) is 0 Å². The molecule has 0 bridgehead atoms. The van der Waals surface area contributed by atoms with Crippen molar-refractivity contribution in [1.82, 2.24) is 14.5 Å². The van der Waals surface area contributed by atoms with Crippen LogP contribution >= 0.6 is 0 Å². The minimum Gasteiger partial charge on any atom is -0.311 e. The third-order valence-electron chi connectivity index (χ3n) is 4.75. The molecule has 0 aromatic carbocycles. The zero-order valence-electron chi connectivity index (χ0n) is 13.6. The van der Waals surface area contributed by atoms with E-state index in [1.807, 2.05) is 0 Å². The number of hydrogen-bond acceptors (Lipinski definition) is 4. The van der Waals surface area contributed by atoms with Crippen LogP contribution in [0.15, 0.2) is 0 Å². The van der Waals surface area contributed by atoms with Crippen LogP contribution in [0.5, 0.6) is 0 Å². The second kappa shape index (κ2) is 7.90. The number of nitrogens with zero attached hydrogens (tertiary/aromatic N) is 2. The molecule has 0 amide bonds. The van der Waals surface area contributed by atoms with Gasteiger partial charge in [-0.3, -0.25) is 0 Å². The number of piperidine rings is 1. The molecule has 6 heteroatoms. The van der Waals surface area contributed by atoms with Gasteiger partial charge in [0.2, 0.25) is 10.0 Å². The summed E-state index contributed by atoms with van der Waals surface area (Å²) in [5, 5.41) is 3.78. The van der Waals surface area contributed by atoms with Crippen molar-refractivity contribution in [3.63, 3.8) is 0 Å². The van der Waals surface area contributed by atoms with Crippen molar-refractivity contribution in [2.75, 3.05) is 39.0 Å². The maximum absolute atomic E-state index is 11.5. The fourth-order valence-corrected chi connectivity index (χ4v) is 4.42. The van der Waals surface area contributed by atoms with E-state index in [-0.39, 0.29) is 0 Å². The van der Waals surface area contributed by atoms with Crippen molar-refractivity contribution in [1.29, 1.82) is 0 Å². The lowest BCUT2D eigenvalue weighted by Gasteiger charge is -2.33. The zero-order valence-corrected chi connectivity index (χ0v) is 14.4. The Hall–Kier alpha value is -0.170. The third-order valence-corrected chi connectivity index (χ3v) is 6.06. The monoisotopic (exact) mass is 317 g/mol. The number of sulfonamides is 1. The van der Waals surface area contributed by atoms with Gasteiger partial charge in [0.15, 0.2) is 0 Å². The molecular formula is C15H31N3O2S. The molecule has 21 heavy (non-hydrogen) atoms. The van der Waals surface area contributed by atoms with Crippen LogP contribution in [0.25, 0.3) is 0 Å². The Kier molecular flexibility index (Phi) is 6.47. The molecule has 2 rings (SSSR count). The van der Waals surface area contributed by atoms with Gasteiger partial charge in [0, 0.05) is 25.2 Å². The molecule has 2 aliphatic heterocycles. The highest BCUT2D eigenvalue weighted by Crippen LogP contribution is 2.17. The normalized spacial score (nSPS) is 27.6. The summed E-state index contributed by atoms with van der Waals surface area (Å²) >= 11 is 0. The maximum Gasteiger partial charge on any atom is 0.211 e. The molecule has 5 nitrogen and oxygen atoms in total. The van der Waals surface area contributed by atoms with E-state index in [0.717, 1.165) is 12.8 Å². The zero-order chi connectivity index (χ0) is 15.3. The highest BCUT2D eigenvalue weighted by molar-refractivity contribution is 7.88. The fourth-order valence-electron chi connectivity index (χ4n) is 3.55. The van der Waals surface area contributed by atoms with Crippen LogP contribution < -0.4 is 5.32 Å². The average molecular weight is 317 g/mol. The first-order valence-corrected chi connectivity index (χ1v) is 10.3. The van der Waals surface area contributed by atoms with Crippen molar-refractivity contribution in [2.24, 2.45) is 0 Å². The summed E-state index contributed by atoms with van der Waals surface area (Å²) in [7, 11) is -3.00. The Morgan fingerprint density at radius 1 is 1.00 bits per heavy atom. The number of rotatable bonds is 5. The van der Waals surface area contributed by atoms with Crippen molar-refractivity contribution in [3.8, 4) is 0 Å². The van der Waals surface area contributed by atoms with Crippen LogP contribution in [-0.2, 0) is 10.0 Å². The van der Waals surface area contributed by atoms with Crippen molar-refractivity contribution < 1.29 is 8.42 Å². The van der Waals surface area contributed by atoms with E-state index in [1.165, 1.54) is 51.6 Å². The van der Waals surface area contributed by atoms with E-state index >= 15 is 0 Å². The molecule has 0 radical (unpaired) electrons. The van der Waals surface area contributed by atoms with Crippen molar-refractivity contribution >= 4 is 10.0 Å². The predicted octanol–water partition coefficient (Wildman–Crippen LogP) is 1.26. The van der Waals surface area contributed by atoms with Crippen LogP contribution in [0.3, 0.4) is 0 Å². The molecule has 2 saturated heterocycles. The molecule has 0 saturated carbocycles. The summed E-state index contributed by atoms with van der Waals surface area (Å²) < 4.78 is 24.7. The van der Waals surface area contributed by atoms with Crippen LogP contribution in [0, 0.1) is 0 Å². The van der Waals surface area contributed by atoms with E-state index in [1.54, 1.807) is 4.31 Å². The minimum atomic E-state index is -3.00. The summed E-state index contributed by atoms with van der Waals surface area (Å²) in [6.45, 7) is 7.25. The SMILES string of the molecule is CCCN1CCCC(NC2CCN(S(C)(=O)=O)CC2)CC1. The average Bonchev–Trinajstić information content (AvgIpc) is 2.65. The molecule has 0 aromatic heterocycles. The Labute approximate surface area is 130 Å². The molecule has 2 aliphatic rings. The lowest BCUT2D eigenvalue weighted by atomic mass is 10.0. The van der Waals surface area contributed by atoms with E-state index in [4.69, 9.17) is 0 Å². The first-order chi connectivity index (χ1) is 9.99. The number of nitrogens with one attached hydrogen (secondary N) is 1. The smallest absolute Gasteiger partial charge is 0.211 e. The van der Waals surface area contributed by atoms with Gasteiger partial charge in [-0.25, -0.2) is 12.7 Å². The standard InChI is InChI=1S/C15H31N3O2S/c1-3-9-17-10-4-5-14(6-11-17)16-15-7-12-18(13-8-15)21(2,19)20/h14-16H,3-13H2,1-2H3. The van der Waals surface area contributed by atoms with Gasteiger partial charge in [-0.05, 0) is 58.2 Å². The lowest BCUT2D eigenvalue weighted by Crippen LogP contribution is -2.47. The van der Waals surface area contributed by atoms with Crippen LogP contribution in [0.4, 0.5) is 0 Å². The van der Waals surface area contributed by atoms with Gasteiger partial charge in [-0.2, -0.15) is 0 Å². The summed E-state index contributed by atoms with van der Waals surface area (Å²) in [6, 6.07) is 1.10. The van der Waals surface area contributed by atoms with Gasteiger partial charge in [0.1, 0.15) is 0 Å². The van der Waals surface area contributed by atoms with Gasteiger partial charge in [-0.1, -0.05) is 6.92 Å². The molecule has 1 unspecified atom stereocenters. The highest BCUT2D eigenvalue weighted by Gasteiger charge is 2.26. The first kappa shape index (κ1) is 17.2. The van der Waals surface area contributed by atoms with Crippen LogP contribution in [0.2, 0.25) is 0 Å². The molecule has 0 aromatic rings. The molecule has 1 N–H and O–H groups in total. The van der Waals surface area contributed by atoms with E-state index in [9.17, 15) is 8.42 Å². The minimum absolute atomic E-state index is 0.491. The molecule has 2 fully saturated rings. The van der Waals surface area contributed by atoms with Gasteiger partial charge in [0.05, 0.1) is 6.26 Å². The predicted molar refractivity (Wildman–Crippen MR) is 86.9 cm³/mol. The topological polar surface area (TPSA) is 52.6 Å². The third kappa shape index (κ3) is 5.51. The maximum atomic E-state index is 11.5. The molecule has 2 heterocycles. The van der Waals surface area contributed by atoms with Crippen molar-refractivity contribution in [2.45, 2.75) is 57.5 Å².